The third-order valence-electron chi connectivity index (χ3n) is 3.51. The highest BCUT2D eigenvalue weighted by molar-refractivity contribution is 5.79. The van der Waals surface area contributed by atoms with Crippen LogP contribution in [0.25, 0.3) is 10.9 Å². The van der Waals surface area contributed by atoms with Crippen molar-refractivity contribution < 1.29 is 4.39 Å². The lowest BCUT2D eigenvalue weighted by atomic mass is 9.93. The van der Waals surface area contributed by atoms with Crippen LogP contribution in [0.15, 0.2) is 16.9 Å². The van der Waals surface area contributed by atoms with Crippen molar-refractivity contribution >= 4 is 10.9 Å². The topological polar surface area (TPSA) is 34.9 Å². The van der Waals surface area contributed by atoms with Gasteiger partial charge in [0.2, 0.25) is 0 Å². The van der Waals surface area contributed by atoms with E-state index in [0.29, 0.717) is 16.9 Å². The summed E-state index contributed by atoms with van der Waals surface area (Å²) in [5.74, 6) is 0.208. The van der Waals surface area contributed by atoms with Gasteiger partial charge in [0, 0.05) is 11.0 Å². The zero-order valence-electron chi connectivity index (χ0n) is 13.8. The number of halogens is 1. The Morgan fingerprint density at radius 2 is 1.67 bits per heavy atom. The van der Waals surface area contributed by atoms with Crippen molar-refractivity contribution in [2.45, 2.75) is 59.4 Å². The van der Waals surface area contributed by atoms with E-state index in [-0.39, 0.29) is 16.4 Å². The van der Waals surface area contributed by atoms with Gasteiger partial charge in [-0.15, -0.1) is 0 Å². The minimum Gasteiger partial charge on any atom is -0.290 e. The molecule has 21 heavy (non-hydrogen) atoms. The van der Waals surface area contributed by atoms with Crippen molar-refractivity contribution in [2.75, 3.05) is 0 Å². The summed E-state index contributed by atoms with van der Waals surface area (Å²) in [6.07, 6.45) is 0. The molecular formula is C17H23FN2O. The molecule has 1 aromatic heterocycles. The lowest BCUT2D eigenvalue weighted by Crippen LogP contribution is -2.41. The number of hydrogen-bond donors (Lipinski definition) is 0. The van der Waals surface area contributed by atoms with Gasteiger partial charge in [-0.2, -0.15) is 0 Å². The normalized spacial score (nSPS) is 13.0. The average Bonchev–Trinajstić information content (AvgIpc) is 2.30. The molecule has 114 valence electrons. The maximum absolute atomic E-state index is 14.4. The van der Waals surface area contributed by atoms with E-state index in [4.69, 9.17) is 0 Å². The number of aromatic nitrogens is 2. The summed E-state index contributed by atoms with van der Waals surface area (Å²) in [5.41, 5.74) is -0.184. The lowest BCUT2D eigenvalue weighted by molar-refractivity contribution is 0.337. The largest absolute Gasteiger partial charge is 0.290 e. The van der Waals surface area contributed by atoms with Gasteiger partial charge in [-0.1, -0.05) is 26.8 Å². The fourth-order valence-corrected chi connectivity index (χ4v) is 2.46. The number of benzene rings is 1. The van der Waals surface area contributed by atoms with E-state index in [2.05, 4.69) is 4.98 Å². The van der Waals surface area contributed by atoms with Crippen LogP contribution >= 0.6 is 0 Å². The Bertz CT molecular complexity index is 761. The molecule has 0 spiro atoms. The van der Waals surface area contributed by atoms with Gasteiger partial charge in [-0.25, -0.2) is 9.37 Å². The first-order chi connectivity index (χ1) is 9.44. The third kappa shape index (κ3) is 2.59. The van der Waals surface area contributed by atoms with Crippen LogP contribution in [0.1, 0.15) is 52.9 Å². The van der Waals surface area contributed by atoms with Gasteiger partial charge in [0.25, 0.3) is 5.56 Å². The molecule has 1 aromatic carbocycles. The Labute approximate surface area is 124 Å². The molecule has 0 N–H and O–H groups in total. The smallest absolute Gasteiger partial charge is 0.264 e. The van der Waals surface area contributed by atoms with E-state index in [9.17, 15) is 9.18 Å². The quantitative estimate of drug-likeness (QED) is 0.737. The number of aryl methyl sites for hydroxylation is 1. The van der Waals surface area contributed by atoms with E-state index in [0.717, 1.165) is 0 Å². The highest BCUT2D eigenvalue weighted by Crippen LogP contribution is 2.27. The maximum Gasteiger partial charge on any atom is 0.264 e. The number of rotatable bonds is 0. The Balaban J connectivity index is 3.07. The predicted molar refractivity (Wildman–Crippen MR) is 84.4 cm³/mol. The van der Waals surface area contributed by atoms with Gasteiger partial charge in [-0.05, 0) is 39.3 Å². The second kappa shape index (κ2) is 4.65. The summed E-state index contributed by atoms with van der Waals surface area (Å²) in [6.45, 7) is 13.5. The maximum atomic E-state index is 14.4. The third-order valence-corrected chi connectivity index (χ3v) is 3.51. The molecule has 0 aliphatic rings. The molecule has 0 atom stereocenters. The summed E-state index contributed by atoms with van der Waals surface area (Å²) in [4.78, 5) is 17.5. The van der Waals surface area contributed by atoms with Crippen molar-refractivity contribution in [3.63, 3.8) is 0 Å². The Morgan fingerprint density at radius 1 is 1.10 bits per heavy atom. The van der Waals surface area contributed by atoms with Crippen LogP contribution in [0, 0.1) is 12.7 Å². The van der Waals surface area contributed by atoms with E-state index in [1.165, 1.54) is 0 Å². The fraction of sp³-hybridized carbons (Fsp3) is 0.529. The van der Waals surface area contributed by atoms with Crippen LogP contribution in [0.4, 0.5) is 4.39 Å². The fourth-order valence-electron chi connectivity index (χ4n) is 2.46. The van der Waals surface area contributed by atoms with Crippen molar-refractivity contribution in [1.82, 2.24) is 9.55 Å². The lowest BCUT2D eigenvalue weighted by Gasteiger charge is -2.31. The Kier molecular flexibility index (Phi) is 3.47. The number of fused-ring (bicyclic) bond motifs is 1. The molecule has 0 saturated heterocycles. The van der Waals surface area contributed by atoms with Gasteiger partial charge in [-0.3, -0.25) is 9.36 Å². The second-order valence-electron chi connectivity index (χ2n) is 7.59. The summed E-state index contributed by atoms with van der Waals surface area (Å²) in [7, 11) is 0. The van der Waals surface area contributed by atoms with E-state index >= 15 is 0 Å². The van der Waals surface area contributed by atoms with Crippen molar-refractivity contribution in [3.05, 3.63) is 39.7 Å². The molecule has 0 unspecified atom stereocenters. The van der Waals surface area contributed by atoms with Crippen LogP contribution in [0.2, 0.25) is 0 Å². The molecule has 2 rings (SSSR count). The number of hydrogen-bond acceptors (Lipinski definition) is 2. The Morgan fingerprint density at radius 3 is 2.14 bits per heavy atom. The Hall–Kier alpha value is -1.71. The van der Waals surface area contributed by atoms with Crippen LogP contribution < -0.4 is 5.56 Å². The summed E-state index contributed by atoms with van der Waals surface area (Å²) < 4.78 is 16.0. The first-order valence-electron chi connectivity index (χ1n) is 7.17. The highest BCUT2D eigenvalue weighted by atomic mass is 19.1. The standard InChI is InChI=1S/C17H23FN2O/c1-10-8-9-11-12(13(10)18)14(21)20(17(5,6)7)15(19-11)16(2,3)4/h8-9H,1-7H3. The molecule has 0 aliphatic heterocycles. The predicted octanol–water partition coefficient (Wildman–Crippen LogP) is 3.90. The van der Waals surface area contributed by atoms with Gasteiger partial charge in [0.05, 0.1) is 5.52 Å². The minimum atomic E-state index is -0.469. The van der Waals surface area contributed by atoms with E-state index < -0.39 is 11.4 Å². The van der Waals surface area contributed by atoms with Gasteiger partial charge >= 0.3 is 0 Å². The van der Waals surface area contributed by atoms with Crippen molar-refractivity contribution in [1.29, 1.82) is 0 Å². The SMILES string of the molecule is Cc1ccc2nc(C(C)(C)C)n(C(C)(C)C)c(=O)c2c1F. The summed E-state index contributed by atoms with van der Waals surface area (Å²) in [6, 6.07) is 3.38. The van der Waals surface area contributed by atoms with Crippen LogP contribution in [-0.4, -0.2) is 9.55 Å². The highest BCUT2D eigenvalue weighted by Gasteiger charge is 2.29. The first kappa shape index (κ1) is 15.7. The zero-order valence-corrected chi connectivity index (χ0v) is 13.8. The summed E-state index contributed by atoms with van der Waals surface area (Å²) >= 11 is 0. The molecule has 0 saturated carbocycles. The minimum absolute atomic E-state index is 0.0814. The van der Waals surface area contributed by atoms with E-state index in [1.807, 2.05) is 41.5 Å². The zero-order chi connectivity index (χ0) is 16.2. The molecular weight excluding hydrogens is 267 g/mol. The molecule has 0 fully saturated rings. The van der Waals surface area contributed by atoms with Gasteiger partial charge in [0.15, 0.2) is 0 Å². The molecule has 0 bridgehead atoms. The molecule has 1 heterocycles. The molecule has 2 aromatic rings. The van der Waals surface area contributed by atoms with Crippen LogP contribution in [0.3, 0.4) is 0 Å². The van der Waals surface area contributed by atoms with E-state index in [1.54, 1.807) is 23.6 Å². The van der Waals surface area contributed by atoms with Gasteiger partial charge in [0.1, 0.15) is 17.0 Å². The molecule has 4 heteroatoms. The average molecular weight is 290 g/mol. The first-order valence-corrected chi connectivity index (χ1v) is 7.17. The molecule has 0 amide bonds. The van der Waals surface area contributed by atoms with Gasteiger partial charge < -0.3 is 0 Å². The van der Waals surface area contributed by atoms with Crippen molar-refractivity contribution in [3.8, 4) is 0 Å². The molecule has 3 nitrogen and oxygen atoms in total. The van der Waals surface area contributed by atoms with Crippen LogP contribution in [-0.2, 0) is 11.0 Å². The van der Waals surface area contributed by atoms with Crippen LogP contribution in [0.5, 0.6) is 0 Å². The summed E-state index contributed by atoms with van der Waals surface area (Å²) in [5, 5.41) is 0.0814. The van der Waals surface area contributed by atoms with Crippen molar-refractivity contribution in [2.24, 2.45) is 0 Å². The monoisotopic (exact) mass is 290 g/mol. The molecule has 0 aliphatic carbocycles. The number of nitrogens with zero attached hydrogens (tertiary/aromatic N) is 2. The molecule has 0 radical (unpaired) electrons. The second-order valence-corrected chi connectivity index (χ2v) is 7.59.